The van der Waals surface area contributed by atoms with E-state index in [1.165, 1.54) is 17.7 Å². The standard InChI is InChI=1S/C16H20N4O3/c21-14(19-7-11-3-1-5-17-12(11)8-19)9-20-15(22)10-23-13-4-2-6-18-16(13)20/h2,4,6,11-12,17H,1,3,5,7-10H2/t11-,12+/m0/s1. The molecule has 3 aliphatic heterocycles. The first-order valence-corrected chi connectivity index (χ1v) is 8.12. The van der Waals surface area contributed by atoms with Crippen LogP contribution in [-0.4, -0.2) is 60.5 Å². The minimum atomic E-state index is -0.223. The summed E-state index contributed by atoms with van der Waals surface area (Å²) in [6, 6.07) is 3.92. The number of ether oxygens (including phenoxy) is 1. The Hall–Kier alpha value is -2.15. The number of likely N-dealkylation sites (tertiary alicyclic amines) is 1. The number of carbonyl (C=O) groups is 2. The molecular formula is C16H20N4O3. The van der Waals surface area contributed by atoms with E-state index in [1.54, 1.807) is 18.3 Å². The van der Waals surface area contributed by atoms with Gasteiger partial charge >= 0.3 is 0 Å². The number of aromatic nitrogens is 1. The van der Waals surface area contributed by atoms with E-state index in [0.29, 0.717) is 23.5 Å². The van der Waals surface area contributed by atoms with Gasteiger partial charge in [-0.1, -0.05) is 0 Å². The van der Waals surface area contributed by atoms with Crippen molar-refractivity contribution in [1.29, 1.82) is 0 Å². The van der Waals surface area contributed by atoms with Gasteiger partial charge in [0, 0.05) is 25.3 Å². The Kier molecular flexibility index (Phi) is 3.65. The van der Waals surface area contributed by atoms with Crippen LogP contribution in [0.25, 0.3) is 0 Å². The monoisotopic (exact) mass is 316 g/mol. The van der Waals surface area contributed by atoms with Crippen LogP contribution >= 0.6 is 0 Å². The lowest BCUT2D eigenvalue weighted by Crippen LogP contribution is -2.47. The lowest BCUT2D eigenvalue weighted by atomic mass is 9.94. The summed E-state index contributed by atoms with van der Waals surface area (Å²) in [4.78, 5) is 32.3. The third-order valence-electron chi connectivity index (χ3n) is 4.90. The predicted octanol–water partition coefficient (Wildman–Crippen LogP) is 0.0174. The molecule has 2 amide bonds. The molecule has 1 aromatic rings. The first kappa shape index (κ1) is 14.4. The number of fused-ring (bicyclic) bond motifs is 2. The molecule has 0 saturated carbocycles. The Morgan fingerprint density at radius 2 is 2.35 bits per heavy atom. The van der Waals surface area contributed by atoms with Gasteiger partial charge < -0.3 is 15.0 Å². The van der Waals surface area contributed by atoms with Crippen molar-refractivity contribution in [1.82, 2.24) is 15.2 Å². The molecule has 2 fully saturated rings. The van der Waals surface area contributed by atoms with Crippen LogP contribution in [0.3, 0.4) is 0 Å². The highest BCUT2D eigenvalue weighted by molar-refractivity contribution is 6.01. The highest BCUT2D eigenvalue weighted by Gasteiger charge is 2.38. The fourth-order valence-electron chi connectivity index (χ4n) is 3.68. The Morgan fingerprint density at radius 1 is 1.43 bits per heavy atom. The van der Waals surface area contributed by atoms with E-state index in [4.69, 9.17) is 4.74 Å². The summed E-state index contributed by atoms with van der Waals surface area (Å²) in [5.41, 5.74) is 0. The lowest BCUT2D eigenvalue weighted by Gasteiger charge is -2.29. The maximum absolute atomic E-state index is 12.6. The number of carbonyl (C=O) groups excluding carboxylic acids is 2. The third-order valence-corrected chi connectivity index (χ3v) is 4.90. The molecule has 7 heteroatoms. The third kappa shape index (κ3) is 2.65. The Balaban J connectivity index is 1.47. The molecule has 7 nitrogen and oxygen atoms in total. The second kappa shape index (κ2) is 5.81. The van der Waals surface area contributed by atoms with E-state index in [2.05, 4.69) is 10.3 Å². The summed E-state index contributed by atoms with van der Waals surface area (Å²) >= 11 is 0. The minimum absolute atomic E-state index is 0.0203. The number of amides is 2. The van der Waals surface area contributed by atoms with Crippen LogP contribution in [0.1, 0.15) is 12.8 Å². The molecule has 4 rings (SSSR count). The molecule has 2 atom stereocenters. The fourth-order valence-corrected chi connectivity index (χ4v) is 3.68. The molecule has 0 unspecified atom stereocenters. The average molecular weight is 316 g/mol. The highest BCUT2D eigenvalue weighted by Crippen LogP contribution is 2.30. The van der Waals surface area contributed by atoms with E-state index in [0.717, 1.165) is 19.6 Å². The van der Waals surface area contributed by atoms with Crippen molar-refractivity contribution in [2.24, 2.45) is 5.92 Å². The van der Waals surface area contributed by atoms with Crippen molar-refractivity contribution >= 4 is 17.6 Å². The number of piperidine rings is 1. The summed E-state index contributed by atoms with van der Waals surface area (Å²) in [5, 5.41) is 3.49. The zero-order valence-corrected chi connectivity index (χ0v) is 12.9. The maximum Gasteiger partial charge on any atom is 0.266 e. The fraction of sp³-hybridized carbons (Fsp3) is 0.562. The molecule has 2 saturated heterocycles. The first-order valence-electron chi connectivity index (χ1n) is 8.12. The second-order valence-corrected chi connectivity index (χ2v) is 6.36. The van der Waals surface area contributed by atoms with Gasteiger partial charge in [0.25, 0.3) is 5.91 Å². The summed E-state index contributed by atoms with van der Waals surface area (Å²) < 4.78 is 5.36. The summed E-state index contributed by atoms with van der Waals surface area (Å²) in [5.74, 6) is 1.29. The molecule has 0 spiro atoms. The van der Waals surface area contributed by atoms with Crippen LogP contribution in [0.2, 0.25) is 0 Å². The molecule has 3 aliphatic rings. The first-order chi connectivity index (χ1) is 11.2. The van der Waals surface area contributed by atoms with Crippen molar-refractivity contribution in [3.05, 3.63) is 18.3 Å². The smallest absolute Gasteiger partial charge is 0.266 e. The quantitative estimate of drug-likeness (QED) is 0.832. The van der Waals surface area contributed by atoms with Gasteiger partial charge in [-0.3, -0.25) is 14.5 Å². The van der Waals surface area contributed by atoms with Crippen molar-refractivity contribution in [2.45, 2.75) is 18.9 Å². The van der Waals surface area contributed by atoms with Crippen molar-refractivity contribution in [3.8, 4) is 5.75 Å². The molecule has 4 heterocycles. The van der Waals surface area contributed by atoms with E-state index in [9.17, 15) is 9.59 Å². The SMILES string of the molecule is O=C(CN1C(=O)COc2cccnc21)N1C[C@@H]2CCCN[C@@H]2C1. The number of nitrogens with zero attached hydrogens (tertiary/aromatic N) is 3. The zero-order valence-electron chi connectivity index (χ0n) is 12.9. The van der Waals surface area contributed by atoms with Gasteiger partial charge in [-0.15, -0.1) is 0 Å². The van der Waals surface area contributed by atoms with Crippen molar-refractivity contribution < 1.29 is 14.3 Å². The van der Waals surface area contributed by atoms with Crippen LogP contribution in [-0.2, 0) is 9.59 Å². The molecular weight excluding hydrogens is 296 g/mol. The number of pyridine rings is 1. The van der Waals surface area contributed by atoms with Crippen LogP contribution in [0.4, 0.5) is 5.82 Å². The second-order valence-electron chi connectivity index (χ2n) is 6.36. The minimum Gasteiger partial charge on any atom is -0.480 e. The predicted molar refractivity (Wildman–Crippen MR) is 83.2 cm³/mol. The molecule has 0 aliphatic carbocycles. The average Bonchev–Trinajstić information content (AvgIpc) is 3.01. The molecule has 23 heavy (non-hydrogen) atoms. The largest absolute Gasteiger partial charge is 0.480 e. The van der Waals surface area contributed by atoms with E-state index < -0.39 is 0 Å². The number of hydrogen-bond donors (Lipinski definition) is 1. The molecule has 1 N–H and O–H groups in total. The topological polar surface area (TPSA) is 74.8 Å². The van der Waals surface area contributed by atoms with Gasteiger partial charge in [0.05, 0.1) is 0 Å². The Bertz CT molecular complexity index is 622. The number of anilines is 1. The van der Waals surface area contributed by atoms with Crippen LogP contribution in [0.5, 0.6) is 5.75 Å². The molecule has 122 valence electrons. The van der Waals surface area contributed by atoms with E-state index >= 15 is 0 Å². The van der Waals surface area contributed by atoms with E-state index in [-0.39, 0.29) is 25.0 Å². The summed E-state index contributed by atoms with van der Waals surface area (Å²) in [6.45, 7) is 2.54. The summed E-state index contributed by atoms with van der Waals surface area (Å²) in [7, 11) is 0. The van der Waals surface area contributed by atoms with Gasteiger partial charge in [0.2, 0.25) is 5.91 Å². The van der Waals surface area contributed by atoms with Crippen molar-refractivity contribution in [3.63, 3.8) is 0 Å². The lowest BCUT2D eigenvalue weighted by molar-refractivity contribution is -0.131. The number of nitrogens with one attached hydrogen (secondary N) is 1. The van der Waals surface area contributed by atoms with Gasteiger partial charge in [0.15, 0.2) is 18.2 Å². The normalized spacial score (nSPS) is 26.5. The van der Waals surface area contributed by atoms with Gasteiger partial charge in [0.1, 0.15) is 6.54 Å². The number of rotatable bonds is 2. The Morgan fingerprint density at radius 3 is 3.22 bits per heavy atom. The van der Waals surface area contributed by atoms with Crippen LogP contribution in [0.15, 0.2) is 18.3 Å². The van der Waals surface area contributed by atoms with Crippen molar-refractivity contribution in [2.75, 3.05) is 37.7 Å². The zero-order chi connectivity index (χ0) is 15.8. The van der Waals surface area contributed by atoms with Gasteiger partial charge in [-0.05, 0) is 37.4 Å². The van der Waals surface area contributed by atoms with Crippen LogP contribution in [0, 0.1) is 5.92 Å². The molecule has 0 bridgehead atoms. The van der Waals surface area contributed by atoms with Crippen LogP contribution < -0.4 is 15.0 Å². The maximum atomic E-state index is 12.6. The van der Waals surface area contributed by atoms with Gasteiger partial charge in [-0.25, -0.2) is 4.98 Å². The Labute approximate surface area is 134 Å². The molecule has 1 aromatic heterocycles. The highest BCUT2D eigenvalue weighted by atomic mass is 16.5. The van der Waals surface area contributed by atoms with E-state index in [1.807, 2.05) is 4.90 Å². The van der Waals surface area contributed by atoms with Gasteiger partial charge in [-0.2, -0.15) is 0 Å². The summed E-state index contributed by atoms with van der Waals surface area (Å²) in [6.07, 6.45) is 3.94. The molecule has 0 radical (unpaired) electrons. The number of hydrogen-bond acceptors (Lipinski definition) is 5. The molecule has 0 aromatic carbocycles.